The van der Waals surface area contributed by atoms with Crippen LogP contribution in [0, 0.1) is 5.92 Å². The summed E-state index contributed by atoms with van der Waals surface area (Å²) in [4.78, 5) is 0. The molecule has 0 aromatic heterocycles. The van der Waals surface area contributed by atoms with Crippen LogP contribution < -0.4 is 0 Å². The minimum absolute atomic E-state index is 0.0330. The van der Waals surface area contributed by atoms with E-state index in [2.05, 4.69) is 19.9 Å². The van der Waals surface area contributed by atoms with Crippen LogP contribution in [-0.4, -0.2) is 11.2 Å². The number of hydrogen-bond acceptors (Lipinski definition) is 1. The van der Waals surface area contributed by atoms with Gasteiger partial charge < -0.3 is 5.11 Å². The molecule has 1 nitrogen and oxygen atoms in total. The molecule has 0 aliphatic heterocycles. The fraction of sp³-hybridized carbons (Fsp3) is 0.818. The summed E-state index contributed by atoms with van der Waals surface area (Å²) in [5.74, 6) is 0.536. The Hall–Kier alpha value is -0.300. The second kappa shape index (κ2) is 4.66. The minimum Gasteiger partial charge on any atom is -0.393 e. The molecule has 0 aromatic rings. The van der Waals surface area contributed by atoms with Crippen molar-refractivity contribution < 1.29 is 5.11 Å². The van der Waals surface area contributed by atoms with Gasteiger partial charge in [-0.15, -0.1) is 0 Å². The highest BCUT2D eigenvalue weighted by Gasteiger charge is 2.21. The highest BCUT2D eigenvalue weighted by Crippen LogP contribution is 2.27. The van der Waals surface area contributed by atoms with Crippen LogP contribution in [0.2, 0.25) is 0 Å². The first-order valence-electron chi connectivity index (χ1n) is 5.01. The van der Waals surface area contributed by atoms with Crippen molar-refractivity contribution in [1.82, 2.24) is 0 Å². The van der Waals surface area contributed by atoms with Crippen LogP contribution in [0.15, 0.2) is 11.6 Å². The predicted octanol–water partition coefficient (Wildman–Crippen LogP) is 2.89. The lowest BCUT2D eigenvalue weighted by atomic mass is 9.84. The molecule has 0 heterocycles. The van der Waals surface area contributed by atoms with Crippen molar-refractivity contribution in [3.8, 4) is 0 Å². The maximum Gasteiger partial charge on any atom is 0.0571 e. The monoisotopic (exact) mass is 168 g/mol. The minimum atomic E-state index is -0.0330. The molecule has 1 fully saturated rings. The van der Waals surface area contributed by atoms with E-state index >= 15 is 0 Å². The lowest BCUT2D eigenvalue weighted by Crippen LogP contribution is -2.23. The van der Waals surface area contributed by atoms with Crippen molar-refractivity contribution in [3.63, 3.8) is 0 Å². The molecular formula is C11H20O. The number of rotatable bonds is 2. The molecular weight excluding hydrogens is 148 g/mol. The van der Waals surface area contributed by atoms with Crippen molar-refractivity contribution in [3.05, 3.63) is 11.6 Å². The van der Waals surface area contributed by atoms with E-state index < -0.39 is 0 Å². The number of aliphatic hydroxyl groups excluding tert-OH is 1. The van der Waals surface area contributed by atoms with Gasteiger partial charge in [-0.1, -0.05) is 24.5 Å². The summed E-state index contributed by atoms with van der Waals surface area (Å²) in [7, 11) is 0. The van der Waals surface area contributed by atoms with Crippen molar-refractivity contribution in [2.24, 2.45) is 5.92 Å². The Kier molecular flexibility index (Phi) is 3.80. The molecule has 0 spiro atoms. The van der Waals surface area contributed by atoms with E-state index in [1.54, 1.807) is 0 Å². The predicted molar refractivity (Wildman–Crippen MR) is 52.0 cm³/mol. The summed E-state index contributed by atoms with van der Waals surface area (Å²) in [6.45, 7) is 4.24. The Morgan fingerprint density at radius 2 is 2.00 bits per heavy atom. The molecule has 12 heavy (non-hydrogen) atoms. The first kappa shape index (κ1) is 9.79. The summed E-state index contributed by atoms with van der Waals surface area (Å²) in [6, 6.07) is 0. The Balaban J connectivity index is 2.34. The van der Waals surface area contributed by atoms with Crippen LogP contribution in [0.5, 0.6) is 0 Å². The molecule has 2 atom stereocenters. The maximum atomic E-state index is 9.65. The molecule has 1 aliphatic carbocycles. The van der Waals surface area contributed by atoms with Crippen molar-refractivity contribution in [1.29, 1.82) is 0 Å². The summed E-state index contributed by atoms with van der Waals surface area (Å²) in [5.41, 5.74) is 1.37. The molecule has 1 rings (SSSR count). The van der Waals surface area contributed by atoms with E-state index in [1.807, 2.05) is 0 Å². The summed E-state index contributed by atoms with van der Waals surface area (Å²) >= 11 is 0. The Morgan fingerprint density at radius 3 is 2.58 bits per heavy atom. The summed E-state index contributed by atoms with van der Waals surface area (Å²) < 4.78 is 0. The third kappa shape index (κ3) is 2.98. The van der Waals surface area contributed by atoms with Gasteiger partial charge in [0.1, 0.15) is 0 Å². The smallest absolute Gasteiger partial charge is 0.0571 e. The topological polar surface area (TPSA) is 20.2 Å². The molecule has 1 heteroatoms. The van der Waals surface area contributed by atoms with E-state index in [-0.39, 0.29) is 6.10 Å². The lowest BCUT2D eigenvalue weighted by Gasteiger charge is -2.26. The summed E-state index contributed by atoms with van der Waals surface area (Å²) in [5, 5.41) is 9.65. The van der Waals surface area contributed by atoms with E-state index in [0.717, 1.165) is 12.8 Å². The van der Waals surface area contributed by atoms with Crippen LogP contribution in [-0.2, 0) is 0 Å². The average molecular weight is 168 g/mol. The lowest BCUT2D eigenvalue weighted by molar-refractivity contribution is 0.0713. The second-order valence-corrected chi connectivity index (χ2v) is 4.13. The number of allylic oxidation sites excluding steroid dienone is 2. The molecule has 0 aromatic carbocycles. The quantitative estimate of drug-likeness (QED) is 0.629. The zero-order valence-electron chi connectivity index (χ0n) is 8.21. The van der Waals surface area contributed by atoms with Crippen molar-refractivity contribution >= 4 is 0 Å². The van der Waals surface area contributed by atoms with E-state index in [4.69, 9.17) is 0 Å². The van der Waals surface area contributed by atoms with Crippen molar-refractivity contribution in [2.75, 3.05) is 0 Å². The Bertz CT molecular complexity index is 156. The number of aliphatic hydroxyl groups is 1. The third-order valence-corrected chi connectivity index (χ3v) is 2.70. The Morgan fingerprint density at radius 1 is 1.33 bits per heavy atom. The standard InChI is InChI=1S/C11H20O/c1-9(2)7-8-10-5-3-4-6-11(10)12/h7,10-12H,3-6,8H2,1-2H3. The highest BCUT2D eigenvalue weighted by molar-refractivity contribution is 4.95. The van der Waals surface area contributed by atoms with Gasteiger partial charge in [0.15, 0.2) is 0 Å². The van der Waals surface area contributed by atoms with Gasteiger partial charge in [-0.3, -0.25) is 0 Å². The first-order valence-corrected chi connectivity index (χ1v) is 5.01. The molecule has 1 aliphatic rings. The van der Waals surface area contributed by atoms with Crippen LogP contribution in [0.4, 0.5) is 0 Å². The molecule has 0 radical (unpaired) electrons. The molecule has 0 amide bonds. The average Bonchev–Trinajstić information content (AvgIpc) is 2.03. The van der Waals surface area contributed by atoms with Gasteiger partial charge in [-0.05, 0) is 39.0 Å². The highest BCUT2D eigenvalue weighted by atomic mass is 16.3. The molecule has 70 valence electrons. The zero-order valence-corrected chi connectivity index (χ0v) is 8.21. The van der Waals surface area contributed by atoms with Crippen LogP contribution >= 0.6 is 0 Å². The van der Waals surface area contributed by atoms with Gasteiger partial charge in [0.05, 0.1) is 6.10 Å². The maximum absolute atomic E-state index is 9.65. The van der Waals surface area contributed by atoms with Gasteiger partial charge in [-0.25, -0.2) is 0 Å². The normalized spacial score (nSPS) is 29.9. The van der Waals surface area contributed by atoms with Gasteiger partial charge in [-0.2, -0.15) is 0 Å². The van der Waals surface area contributed by atoms with Gasteiger partial charge in [0.25, 0.3) is 0 Å². The molecule has 1 saturated carbocycles. The molecule has 1 N–H and O–H groups in total. The van der Waals surface area contributed by atoms with Crippen LogP contribution in [0.1, 0.15) is 46.0 Å². The van der Waals surface area contributed by atoms with E-state index in [1.165, 1.54) is 24.8 Å². The fourth-order valence-corrected chi connectivity index (χ4v) is 1.85. The van der Waals surface area contributed by atoms with Gasteiger partial charge in [0, 0.05) is 0 Å². The van der Waals surface area contributed by atoms with Crippen LogP contribution in [0.3, 0.4) is 0 Å². The zero-order chi connectivity index (χ0) is 8.97. The van der Waals surface area contributed by atoms with Crippen molar-refractivity contribution in [2.45, 2.75) is 52.1 Å². The first-order chi connectivity index (χ1) is 5.70. The Labute approximate surface area is 75.5 Å². The SMILES string of the molecule is CC(C)=CCC1CCCCC1O. The van der Waals surface area contributed by atoms with Gasteiger partial charge in [0.2, 0.25) is 0 Å². The van der Waals surface area contributed by atoms with Gasteiger partial charge >= 0.3 is 0 Å². The molecule has 0 bridgehead atoms. The second-order valence-electron chi connectivity index (χ2n) is 4.13. The molecule has 2 unspecified atom stereocenters. The largest absolute Gasteiger partial charge is 0.393 e. The summed E-state index contributed by atoms with van der Waals surface area (Å²) in [6.07, 6.45) is 8.04. The van der Waals surface area contributed by atoms with Crippen LogP contribution in [0.25, 0.3) is 0 Å². The molecule has 0 saturated heterocycles. The third-order valence-electron chi connectivity index (χ3n) is 2.70. The van der Waals surface area contributed by atoms with E-state index in [0.29, 0.717) is 5.92 Å². The fourth-order valence-electron chi connectivity index (χ4n) is 1.85. The number of hydrogen-bond donors (Lipinski definition) is 1. The van der Waals surface area contributed by atoms with E-state index in [9.17, 15) is 5.11 Å².